The molecule has 2 saturated carbocycles. The van der Waals surface area contributed by atoms with Gasteiger partial charge in [-0.3, -0.25) is 4.79 Å². The summed E-state index contributed by atoms with van der Waals surface area (Å²) in [4.78, 5) is 12.2. The van der Waals surface area contributed by atoms with Gasteiger partial charge < -0.3 is 4.74 Å². The zero-order chi connectivity index (χ0) is 13.7. The van der Waals surface area contributed by atoms with E-state index in [4.69, 9.17) is 4.74 Å². The molecule has 3 aliphatic rings. The molecule has 1 aromatic carbocycles. The molecule has 4 nitrogen and oxygen atoms in total. The third kappa shape index (κ3) is 1.67. The van der Waals surface area contributed by atoms with E-state index >= 15 is 0 Å². The number of methoxy groups -OCH3 is 1. The Kier molecular flexibility index (Phi) is 2.59. The minimum atomic E-state index is 0.204. The fourth-order valence-electron chi connectivity index (χ4n) is 4.31. The molecule has 2 unspecified atom stereocenters. The smallest absolute Gasteiger partial charge is 0.284 e. The number of hydrazine groups is 1. The molecule has 1 aromatic rings. The van der Waals surface area contributed by atoms with E-state index in [0.29, 0.717) is 17.9 Å². The number of nitrogens with zero attached hydrogens (tertiary/aromatic N) is 1. The van der Waals surface area contributed by atoms with Crippen LogP contribution in [0.15, 0.2) is 24.3 Å². The summed E-state index contributed by atoms with van der Waals surface area (Å²) in [5.74, 6) is 2.53. The highest BCUT2D eigenvalue weighted by molar-refractivity contribution is 5.83. The van der Waals surface area contributed by atoms with E-state index in [1.807, 2.05) is 35.2 Å². The van der Waals surface area contributed by atoms with Crippen LogP contribution in [0, 0.1) is 17.8 Å². The molecule has 1 heterocycles. The van der Waals surface area contributed by atoms with Crippen LogP contribution in [0.1, 0.15) is 24.8 Å². The van der Waals surface area contributed by atoms with Gasteiger partial charge in [0.05, 0.1) is 7.11 Å². The molecular formula is C16H19N2O2+. The van der Waals surface area contributed by atoms with Crippen molar-refractivity contribution in [2.24, 2.45) is 17.8 Å². The van der Waals surface area contributed by atoms with Gasteiger partial charge in [-0.15, -0.1) is 10.1 Å². The lowest BCUT2D eigenvalue weighted by Crippen LogP contribution is -2.34. The van der Waals surface area contributed by atoms with Crippen molar-refractivity contribution in [3.8, 4) is 5.75 Å². The maximum Gasteiger partial charge on any atom is 0.284 e. The molecule has 20 heavy (non-hydrogen) atoms. The number of carbonyl (C=O) groups excluding carboxylic acids is 1. The highest BCUT2D eigenvalue weighted by atomic mass is 16.5. The molecule has 2 aliphatic carbocycles. The van der Waals surface area contributed by atoms with E-state index < -0.39 is 0 Å². The molecule has 4 atom stereocenters. The Morgan fingerprint density at radius 1 is 1.35 bits per heavy atom. The summed E-state index contributed by atoms with van der Waals surface area (Å²) in [6, 6.07) is 8.29. The van der Waals surface area contributed by atoms with Crippen LogP contribution in [-0.2, 0) is 4.79 Å². The molecule has 1 aliphatic heterocycles. The Bertz CT molecular complexity index is 596. The van der Waals surface area contributed by atoms with Gasteiger partial charge in [0.1, 0.15) is 11.7 Å². The van der Waals surface area contributed by atoms with Crippen molar-refractivity contribution in [3.63, 3.8) is 0 Å². The zero-order valence-corrected chi connectivity index (χ0v) is 11.6. The van der Waals surface area contributed by atoms with Gasteiger partial charge in [0, 0.05) is 11.5 Å². The van der Waals surface area contributed by atoms with Gasteiger partial charge in [0.2, 0.25) is 6.21 Å². The Labute approximate surface area is 118 Å². The Hall–Kier alpha value is -1.84. The maximum absolute atomic E-state index is 12.2. The second-order valence-corrected chi connectivity index (χ2v) is 6.14. The zero-order valence-electron chi connectivity index (χ0n) is 11.6. The summed E-state index contributed by atoms with van der Waals surface area (Å²) in [6.45, 7) is 0. The second kappa shape index (κ2) is 4.33. The van der Waals surface area contributed by atoms with Gasteiger partial charge in [-0.1, -0.05) is 6.07 Å². The molecule has 1 amide bonds. The number of amides is 1. The second-order valence-electron chi connectivity index (χ2n) is 6.14. The van der Waals surface area contributed by atoms with Crippen LogP contribution in [0.5, 0.6) is 5.75 Å². The number of hydrogen-bond donors (Lipinski definition) is 1. The Balaban J connectivity index is 1.68. The third-order valence-corrected chi connectivity index (χ3v) is 5.12. The summed E-state index contributed by atoms with van der Waals surface area (Å²) in [6.07, 6.45) is 5.77. The maximum atomic E-state index is 12.2. The van der Waals surface area contributed by atoms with Crippen LogP contribution in [0.25, 0.3) is 0 Å². The predicted octanol–water partition coefficient (Wildman–Crippen LogP) is 1.59. The van der Waals surface area contributed by atoms with Crippen LogP contribution >= 0.6 is 0 Å². The normalized spacial score (nSPS) is 36.2. The van der Waals surface area contributed by atoms with Crippen LogP contribution in [0.2, 0.25) is 0 Å². The van der Waals surface area contributed by atoms with Crippen molar-refractivity contribution in [2.45, 2.75) is 25.3 Å². The Morgan fingerprint density at radius 3 is 3.05 bits per heavy atom. The van der Waals surface area contributed by atoms with Crippen molar-refractivity contribution in [2.75, 3.05) is 7.11 Å². The monoisotopic (exact) mass is 271 g/mol. The van der Waals surface area contributed by atoms with Gasteiger partial charge in [-0.05, 0) is 43.4 Å². The fraction of sp³-hybridized carbons (Fsp3) is 0.500. The Morgan fingerprint density at radius 2 is 2.20 bits per heavy atom. The van der Waals surface area contributed by atoms with E-state index in [2.05, 4.69) is 5.43 Å². The third-order valence-electron chi connectivity index (χ3n) is 5.12. The lowest BCUT2D eigenvalue weighted by molar-refractivity contribution is -0.598. The molecule has 2 bridgehead atoms. The molecule has 0 aromatic heterocycles. The molecule has 4 rings (SSSR count). The first-order valence-corrected chi connectivity index (χ1v) is 7.34. The standard InChI is InChI=1S/C16H18N2O2/c1-20-13-4-2-3-10(7-13)9-18-15-12-6-5-11(8-12)14(15)16(19)17-18/h2-4,7,9,11-12,14-15H,5-6,8H2,1H3/p+1/b18-9-/t11-,12-,14?,15?/m1/s1. The van der Waals surface area contributed by atoms with Crippen molar-refractivity contribution in [1.82, 2.24) is 5.43 Å². The highest BCUT2D eigenvalue weighted by Crippen LogP contribution is 2.51. The molecular weight excluding hydrogens is 252 g/mol. The van der Waals surface area contributed by atoms with Crippen LogP contribution < -0.4 is 10.2 Å². The van der Waals surface area contributed by atoms with Crippen molar-refractivity contribution in [1.29, 1.82) is 0 Å². The lowest BCUT2D eigenvalue weighted by atomic mass is 9.85. The number of carbonyl (C=O) groups is 1. The molecule has 0 radical (unpaired) electrons. The number of hydrazone groups is 1. The van der Waals surface area contributed by atoms with Gasteiger partial charge in [-0.25, -0.2) is 0 Å². The van der Waals surface area contributed by atoms with E-state index in [-0.39, 0.29) is 11.8 Å². The molecule has 4 heteroatoms. The van der Waals surface area contributed by atoms with E-state index in [1.165, 1.54) is 19.3 Å². The van der Waals surface area contributed by atoms with Gasteiger partial charge >= 0.3 is 0 Å². The quantitative estimate of drug-likeness (QED) is 0.830. The molecule has 1 N–H and O–H groups in total. The summed E-state index contributed by atoms with van der Waals surface area (Å²) >= 11 is 0. The average molecular weight is 271 g/mol. The number of nitrogens with one attached hydrogen (secondary N) is 1. The van der Waals surface area contributed by atoms with Crippen molar-refractivity contribution in [3.05, 3.63) is 29.8 Å². The minimum absolute atomic E-state index is 0.204. The van der Waals surface area contributed by atoms with Gasteiger partial charge in [0.25, 0.3) is 5.91 Å². The fourth-order valence-corrected chi connectivity index (χ4v) is 4.31. The van der Waals surface area contributed by atoms with Crippen LogP contribution in [-0.4, -0.2) is 30.0 Å². The topological polar surface area (TPSA) is 41.3 Å². The predicted molar refractivity (Wildman–Crippen MR) is 74.7 cm³/mol. The van der Waals surface area contributed by atoms with Gasteiger partial charge in [0.15, 0.2) is 6.04 Å². The number of rotatable bonds is 2. The first-order valence-electron chi connectivity index (χ1n) is 7.34. The highest BCUT2D eigenvalue weighted by Gasteiger charge is 2.61. The largest absolute Gasteiger partial charge is 0.497 e. The summed E-state index contributed by atoms with van der Waals surface area (Å²) in [5, 5.41) is 0. The van der Waals surface area contributed by atoms with E-state index in [1.54, 1.807) is 7.11 Å². The average Bonchev–Trinajstić information content (AvgIpc) is 3.14. The summed E-state index contributed by atoms with van der Waals surface area (Å²) < 4.78 is 7.30. The van der Waals surface area contributed by atoms with Crippen LogP contribution in [0.3, 0.4) is 0 Å². The molecule has 104 valence electrons. The van der Waals surface area contributed by atoms with E-state index in [0.717, 1.165) is 11.3 Å². The van der Waals surface area contributed by atoms with Gasteiger partial charge in [-0.2, -0.15) is 0 Å². The SMILES string of the molecule is COc1cccc(/C=[N+]2\NC(=O)C3C2[C@@H]2CC[C@@H]3C2)c1. The van der Waals surface area contributed by atoms with Crippen molar-refractivity contribution < 1.29 is 14.2 Å². The lowest BCUT2D eigenvalue weighted by Gasteiger charge is -2.16. The number of fused-ring (bicyclic) bond motifs is 5. The van der Waals surface area contributed by atoms with Crippen LogP contribution in [0.4, 0.5) is 0 Å². The van der Waals surface area contributed by atoms with E-state index in [9.17, 15) is 4.79 Å². The number of hydrogen-bond acceptors (Lipinski definition) is 2. The summed E-state index contributed by atoms with van der Waals surface area (Å²) in [5.41, 5.74) is 4.10. The molecule has 0 spiro atoms. The first kappa shape index (κ1) is 11.9. The first-order chi connectivity index (χ1) is 9.76. The minimum Gasteiger partial charge on any atom is -0.497 e. The summed E-state index contributed by atoms with van der Waals surface area (Å²) in [7, 11) is 1.67. The van der Waals surface area contributed by atoms with Crippen molar-refractivity contribution >= 4 is 12.1 Å². The number of benzene rings is 1. The number of ether oxygens (including phenoxy) is 1. The molecule has 1 saturated heterocycles. The molecule has 3 fully saturated rings.